The van der Waals surface area contributed by atoms with E-state index in [0.29, 0.717) is 0 Å². The Kier molecular flexibility index (Phi) is 3.33. The van der Waals surface area contributed by atoms with Crippen LogP contribution in [0, 0.1) is 11.6 Å². The fourth-order valence-electron chi connectivity index (χ4n) is 1.54. The van der Waals surface area contributed by atoms with E-state index < -0.39 is 17.6 Å². The molecule has 0 fully saturated rings. The van der Waals surface area contributed by atoms with Crippen molar-refractivity contribution in [3.63, 3.8) is 0 Å². The fraction of sp³-hybridized carbons (Fsp3) is 0. The zero-order valence-electron chi connectivity index (χ0n) is 9.65. The van der Waals surface area contributed by atoms with Crippen molar-refractivity contribution in [2.45, 2.75) is 0 Å². The lowest BCUT2D eigenvalue weighted by Crippen LogP contribution is -2.03. The number of carboxylic acids is 1. The highest BCUT2D eigenvalue weighted by Crippen LogP contribution is 2.26. The third kappa shape index (κ3) is 2.62. The van der Waals surface area contributed by atoms with E-state index in [4.69, 9.17) is 10.8 Å². The number of halogens is 2. The summed E-state index contributed by atoms with van der Waals surface area (Å²) in [6, 6.07) is 7.59. The summed E-state index contributed by atoms with van der Waals surface area (Å²) in [7, 11) is 0. The molecule has 6 heteroatoms. The van der Waals surface area contributed by atoms with Crippen molar-refractivity contribution >= 4 is 23.0 Å². The van der Waals surface area contributed by atoms with E-state index in [1.807, 2.05) is 0 Å². The molecule has 4 N–H and O–H groups in total. The van der Waals surface area contributed by atoms with Crippen molar-refractivity contribution in [2.75, 3.05) is 11.1 Å². The Balaban J connectivity index is 2.40. The van der Waals surface area contributed by atoms with Crippen LogP contribution in [0.2, 0.25) is 0 Å². The SMILES string of the molecule is Nc1ccc(C(=O)O)cc1Nc1cccc(F)c1F. The number of aromatic carboxylic acids is 1. The zero-order chi connectivity index (χ0) is 14.0. The van der Waals surface area contributed by atoms with Crippen LogP contribution in [0.15, 0.2) is 36.4 Å². The van der Waals surface area contributed by atoms with E-state index in [1.165, 1.54) is 30.3 Å². The fourth-order valence-corrected chi connectivity index (χ4v) is 1.54. The molecule has 0 radical (unpaired) electrons. The molecule has 0 aliphatic heterocycles. The quantitative estimate of drug-likeness (QED) is 0.745. The zero-order valence-corrected chi connectivity index (χ0v) is 9.65. The first-order chi connectivity index (χ1) is 8.99. The van der Waals surface area contributed by atoms with Gasteiger partial charge in [-0.2, -0.15) is 0 Å². The Morgan fingerprint density at radius 1 is 1.16 bits per heavy atom. The molecule has 2 rings (SSSR count). The van der Waals surface area contributed by atoms with Crippen molar-refractivity contribution in [2.24, 2.45) is 0 Å². The number of nitrogens with two attached hydrogens (primary N) is 1. The van der Waals surface area contributed by atoms with Crippen LogP contribution in [-0.4, -0.2) is 11.1 Å². The van der Waals surface area contributed by atoms with Gasteiger partial charge < -0.3 is 16.2 Å². The standard InChI is InChI=1S/C13H10F2N2O2/c14-8-2-1-3-10(12(8)15)17-11-6-7(13(18)19)4-5-9(11)16/h1-6,17H,16H2,(H,18,19). The van der Waals surface area contributed by atoms with Gasteiger partial charge in [-0.3, -0.25) is 0 Å². The maximum atomic E-state index is 13.5. The Hall–Kier alpha value is -2.63. The third-order valence-electron chi connectivity index (χ3n) is 2.52. The summed E-state index contributed by atoms with van der Waals surface area (Å²) in [5.74, 6) is -3.19. The molecule has 98 valence electrons. The summed E-state index contributed by atoms with van der Waals surface area (Å²) in [5.41, 5.74) is 5.96. The van der Waals surface area contributed by atoms with Gasteiger partial charge in [0, 0.05) is 0 Å². The summed E-state index contributed by atoms with van der Waals surface area (Å²) in [5, 5.41) is 11.4. The highest BCUT2D eigenvalue weighted by Gasteiger charge is 2.11. The molecule has 0 atom stereocenters. The van der Waals surface area contributed by atoms with Gasteiger partial charge in [0.2, 0.25) is 0 Å². The van der Waals surface area contributed by atoms with Crippen molar-refractivity contribution in [1.82, 2.24) is 0 Å². The van der Waals surface area contributed by atoms with Gasteiger partial charge in [0.1, 0.15) is 0 Å². The topological polar surface area (TPSA) is 75.4 Å². The van der Waals surface area contributed by atoms with Gasteiger partial charge in [0.15, 0.2) is 11.6 Å². The molecule has 0 saturated heterocycles. The molecule has 0 heterocycles. The minimum Gasteiger partial charge on any atom is -0.478 e. The first-order valence-corrected chi connectivity index (χ1v) is 5.33. The molecule has 0 spiro atoms. The van der Waals surface area contributed by atoms with Crippen LogP contribution in [0.3, 0.4) is 0 Å². The van der Waals surface area contributed by atoms with Gasteiger partial charge in [-0.25, -0.2) is 13.6 Å². The van der Waals surface area contributed by atoms with Gasteiger partial charge >= 0.3 is 5.97 Å². The molecule has 4 nitrogen and oxygen atoms in total. The van der Waals surface area contributed by atoms with Crippen molar-refractivity contribution in [1.29, 1.82) is 0 Å². The molecule has 0 bridgehead atoms. The molecule has 2 aromatic carbocycles. The summed E-state index contributed by atoms with van der Waals surface area (Å²) in [6.45, 7) is 0. The molecule has 0 saturated carbocycles. The Morgan fingerprint density at radius 3 is 2.58 bits per heavy atom. The van der Waals surface area contributed by atoms with E-state index in [-0.39, 0.29) is 22.6 Å². The number of nitrogen functional groups attached to an aromatic ring is 1. The smallest absolute Gasteiger partial charge is 0.335 e. The van der Waals surface area contributed by atoms with Crippen LogP contribution in [0.4, 0.5) is 25.8 Å². The molecule has 0 amide bonds. The lowest BCUT2D eigenvalue weighted by Gasteiger charge is -2.11. The van der Waals surface area contributed by atoms with Crippen LogP contribution >= 0.6 is 0 Å². The molecule has 0 aliphatic rings. The second-order valence-corrected chi connectivity index (χ2v) is 3.83. The maximum absolute atomic E-state index is 13.5. The summed E-state index contributed by atoms with van der Waals surface area (Å²) >= 11 is 0. The van der Waals surface area contributed by atoms with Gasteiger partial charge in [-0.15, -0.1) is 0 Å². The van der Waals surface area contributed by atoms with Crippen LogP contribution in [-0.2, 0) is 0 Å². The second-order valence-electron chi connectivity index (χ2n) is 3.83. The Bertz CT molecular complexity index is 645. The molecular formula is C13H10F2N2O2. The lowest BCUT2D eigenvalue weighted by molar-refractivity contribution is 0.0697. The van der Waals surface area contributed by atoms with E-state index >= 15 is 0 Å². The van der Waals surface area contributed by atoms with Gasteiger partial charge in [-0.05, 0) is 30.3 Å². The largest absolute Gasteiger partial charge is 0.478 e. The van der Waals surface area contributed by atoms with Crippen molar-refractivity contribution in [3.8, 4) is 0 Å². The lowest BCUT2D eigenvalue weighted by atomic mass is 10.1. The van der Waals surface area contributed by atoms with Crippen LogP contribution in [0.25, 0.3) is 0 Å². The number of hydrogen-bond donors (Lipinski definition) is 3. The highest BCUT2D eigenvalue weighted by atomic mass is 19.2. The average Bonchev–Trinajstić information content (AvgIpc) is 2.37. The monoisotopic (exact) mass is 264 g/mol. The van der Waals surface area contributed by atoms with Crippen LogP contribution < -0.4 is 11.1 Å². The first-order valence-electron chi connectivity index (χ1n) is 5.33. The predicted molar refractivity (Wildman–Crippen MR) is 67.5 cm³/mol. The maximum Gasteiger partial charge on any atom is 0.335 e. The number of hydrogen-bond acceptors (Lipinski definition) is 3. The Morgan fingerprint density at radius 2 is 1.89 bits per heavy atom. The van der Waals surface area contributed by atoms with E-state index in [0.717, 1.165) is 6.07 Å². The van der Waals surface area contributed by atoms with E-state index in [1.54, 1.807) is 0 Å². The number of rotatable bonds is 3. The average molecular weight is 264 g/mol. The van der Waals surface area contributed by atoms with Crippen LogP contribution in [0.1, 0.15) is 10.4 Å². The minimum absolute atomic E-state index is 0.00601. The normalized spacial score (nSPS) is 10.2. The summed E-state index contributed by atoms with van der Waals surface area (Å²) in [4.78, 5) is 10.8. The molecule has 0 unspecified atom stereocenters. The van der Waals surface area contributed by atoms with Crippen molar-refractivity contribution < 1.29 is 18.7 Å². The van der Waals surface area contributed by atoms with Gasteiger partial charge in [-0.1, -0.05) is 6.07 Å². The van der Waals surface area contributed by atoms with E-state index in [2.05, 4.69) is 5.32 Å². The number of carboxylic acid groups (broad SMARTS) is 1. The second kappa shape index (κ2) is 4.93. The van der Waals surface area contributed by atoms with E-state index in [9.17, 15) is 13.6 Å². The van der Waals surface area contributed by atoms with Crippen molar-refractivity contribution in [3.05, 3.63) is 53.6 Å². The summed E-state index contributed by atoms with van der Waals surface area (Å²) in [6.07, 6.45) is 0. The number of nitrogens with one attached hydrogen (secondary N) is 1. The highest BCUT2D eigenvalue weighted by molar-refractivity contribution is 5.91. The molecule has 0 aromatic heterocycles. The van der Waals surface area contributed by atoms with Gasteiger partial charge in [0.25, 0.3) is 0 Å². The molecule has 2 aromatic rings. The number of benzene rings is 2. The number of carbonyl (C=O) groups is 1. The van der Waals surface area contributed by atoms with Gasteiger partial charge in [0.05, 0.1) is 22.6 Å². The Labute approximate surface area is 107 Å². The predicted octanol–water partition coefficient (Wildman–Crippen LogP) is 2.99. The molecule has 19 heavy (non-hydrogen) atoms. The van der Waals surface area contributed by atoms with Crippen LogP contribution in [0.5, 0.6) is 0 Å². The molecular weight excluding hydrogens is 254 g/mol. The first kappa shape index (κ1) is 12.8. The summed E-state index contributed by atoms with van der Waals surface area (Å²) < 4.78 is 26.5. The third-order valence-corrected chi connectivity index (χ3v) is 2.52. The minimum atomic E-state index is -1.14. The molecule has 0 aliphatic carbocycles. The number of anilines is 3.